The predicted molar refractivity (Wildman–Crippen MR) is 110 cm³/mol. The Kier molecular flexibility index (Phi) is 5.61. The number of fused-ring (bicyclic) bond motifs is 1. The third-order valence-electron chi connectivity index (χ3n) is 4.38. The highest BCUT2D eigenvalue weighted by Gasteiger charge is 2.54. The molecule has 29 heavy (non-hydrogen) atoms. The fraction of sp³-hybridized carbons (Fsp3) is 0.278. The molecule has 150 valence electrons. The van der Waals surface area contributed by atoms with Crippen molar-refractivity contribution in [1.82, 2.24) is 20.4 Å². The number of nitrogens with zero attached hydrogens (tertiary/aromatic N) is 3. The Labute approximate surface area is 178 Å². The van der Waals surface area contributed by atoms with Crippen LogP contribution in [-0.2, 0) is 20.8 Å². The Morgan fingerprint density at radius 1 is 1.31 bits per heavy atom. The molecular formula is C18H16N4O4S3. The highest BCUT2D eigenvalue weighted by Crippen LogP contribution is 2.45. The van der Waals surface area contributed by atoms with E-state index in [2.05, 4.69) is 15.5 Å². The molecule has 3 heterocycles. The number of carboxylic acids is 1. The monoisotopic (exact) mass is 448 g/mol. The molecule has 1 saturated heterocycles. The number of hydrogen-bond donors (Lipinski definition) is 2. The van der Waals surface area contributed by atoms with Gasteiger partial charge in [-0.25, -0.2) is 4.79 Å². The number of thioether (sulfide) groups is 2. The van der Waals surface area contributed by atoms with E-state index in [9.17, 15) is 19.5 Å². The van der Waals surface area contributed by atoms with Crippen LogP contribution in [0.4, 0.5) is 0 Å². The molecular weight excluding hydrogens is 432 g/mol. The number of carbonyl (C=O) groups excluding carboxylic acids is 2. The van der Waals surface area contributed by atoms with Gasteiger partial charge in [-0.1, -0.05) is 53.4 Å². The molecule has 8 nitrogen and oxygen atoms in total. The first-order valence-electron chi connectivity index (χ1n) is 8.66. The summed E-state index contributed by atoms with van der Waals surface area (Å²) in [7, 11) is 0. The number of carboxylic acid groups (broad SMARTS) is 1. The molecule has 0 aliphatic carbocycles. The Hall–Kier alpha value is -2.37. The molecule has 0 unspecified atom stereocenters. The molecule has 2 aliphatic rings. The summed E-state index contributed by atoms with van der Waals surface area (Å²) in [5.74, 6) is -1.42. The fourth-order valence-corrected chi connectivity index (χ4v) is 6.56. The van der Waals surface area contributed by atoms with Crippen LogP contribution in [0.15, 0.2) is 45.3 Å². The SMILES string of the molecule is Cc1nnc(SC2=C(C(=O)O)N3C(=O)[C@@H](NC(=O)Cc4ccccc4)[C@H]3SC2)s1. The van der Waals surface area contributed by atoms with Crippen molar-refractivity contribution < 1.29 is 19.5 Å². The number of rotatable bonds is 6. The minimum Gasteiger partial charge on any atom is -0.477 e. The molecule has 2 aromatic rings. The molecule has 1 fully saturated rings. The average Bonchev–Trinajstić information content (AvgIpc) is 3.11. The second-order valence-corrected chi connectivity index (χ2v) is 10.0. The summed E-state index contributed by atoms with van der Waals surface area (Å²) in [4.78, 5) is 38.7. The van der Waals surface area contributed by atoms with E-state index >= 15 is 0 Å². The molecule has 2 amide bonds. The van der Waals surface area contributed by atoms with Crippen molar-refractivity contribution in [3.05, 3.63) is 51.5 Å². The van der Waals surface area contributed by atoms with Gasteiger partial charge in [0.25, 0.3) is 5.91 Å². The second kappa shape index (κ2) is 8.17. The molecule has 2 atom stereocenters. The third kappa shape index (κ3) is 4.02. The normalized spacial score (nSPS) is 20.9. The molecule has 1 aromatic carbocycles. The zero-order valence-corrected chi connectivity index (χ0v) is 17.6. The first-order valence-corrected chi connectivity index (χ1v) is 11.3. The molecule has 11 heteroatoms. The van der Waals surface area contributed by atoms with Gasteiger partial charge in [0.2, 0.25) is 5.91 Å². The van der Waals surface area contributed by atoms with E-state index in [-0.39, 0.29) is 18.0 Å². The second-order valence-electron chi connectivity index (χ2n) is 6.38. The van der Waals surface area contributed by atoms with Crippen LogP contribution in [0.5, 0.6) is 0 Å². The van der Waals surface area contributed by atoms with E-state index in [1.807, 2.05) is 37.3 Å². The smallest absolute Gasteiger partial charge is 0.353 e. The standard InChI is InChI=1S/C18H16N4O4S3/c1-9-20-21-18(28-9)29-11-8-27-16-13(15(24)22(16)14(11)17(25)26)19-12(23)7-10-5-3-2-4-6-10/h2-6,13,16H,7-8H2,1H3,(H,19,23)(H,25,26)/t13-,16-/m1/s1. The molecule has 0 saturated carbocycles. The number of aromatic nitrogens is 2. The Bertz CT molecular complexity index is 1010. The van der Waals surface area contributed by atoms with Crippen molar-refractivity contribution in [2.24, 2.45) is 0 Å². The molecule has 0 spiro atoms. The summed E-state index contributed by atoms with van der Waals surface area (Å²) in [5, 5.41) is 20.8. The average molecular weight is 449 g/mol. The summed E-state index contributed by atoms with van der Waals surface area (Å²) in [6.07, 6.45) is 0.168. The van der Waals surface area contributed by atoms with Gasteiger partial charge < -0.3 is 10.4 Å². The van der Waals surface area contributed by atoms with Gasteiger partial charge in [0, 0.05) is 10.7 Å². The lowest BCUT2D eigenvalue weighted by atomic mass is 10.0. The first-order chi connectivity index (χ1) is 13.9. The number of aryl methyl sites for hydroxylation is 1. The van der Waals surface area contributed by atoms with Crippen molar-refractivity contribution >= 4 is 52.6 Å². The number of aliphatic carboxylic acids is 1. The number of β-lactam (4-membered cyclic amide) rings is 1. The zero-order chi connectivity index (χ0) is 20.5. The van der Waals surface area contributed by atoms with E-state index < -0.39 is 23.3 Å². The Morgan fingerprint density at radius 2 is 2.07 bits per heavy atom. The summed E-state index contributed by atoms with van der Waals surface area (Å²) in [6, 6.07) is 8.52. The van der Waals surface area contributed by atoms with Crippen molar-refractivity contribution in [2.45, 2.75) is 29.1 Å². The van der Waals surface area contributed by atoms with Crippen LogP contribution >= 0.6 is 34.9 Å². The third-order valence-corrected chi connectivity index (χ3v) is 7.81. The van der Waals surface area contributed by atoms with Crippen LogP contribution in [0.1, 0.15) is 10.6 Å². The molecule has 1 aromatic heterocycles. The number of carbonyl (C=O) groups is 3. The molecule has 4 rings (SSSR count). The minimum absolute atomic E-state index is 0.0369. The number of benzene rings is 1. The summed E-state index contributed by atoms with van der Waals surface area (Å²) in [6.45, 7) is 1.82. The van der Waals surface area contributed by atoms with Crippen LogP contribution in [-0.4, -0.2) is 55.2 Å². The van der Waals surface area contributed by atoms with Gasteiger partial charge in [-0.05, 0) is 12.5 Å². The molecule has 2 aliphatic heterocycles. The van der Waals surface area contributed by atoms with Crippen molar-refractivity contribution in [3.63, 3.8) is 0 Å². The van der Waals surface area contributed by atoms with E-state index in [1.165, 1.54) is 39.8 Å². The maximum atomic E-state index is 12.7. The van der Waals surface area contributed by atoms with Gasteiger partial charge >= 0.3 is 5.97 Å². The lowest BCUT2D eigenvalue weighted by Crippen LogP contribution is -2.70. The maximum absolute atomic E-state index is 12.7. The van der Waals surface area contributed by atoms with Crippen molar-refractivity contribution in [1.29, 1.82) is 0 Å². The van der Waals surface area contributed by atoms with Gasteiger partial charge in [-0.3, -0.25) is 14.5 Å². The number of amides is 2. The van der Waals surface area contributed by atoms with Crippen LogP contribution in [0.2, 0.25) is 0 Å². The molecule has 2 N–H and O–H groups in total. The number of hydrogen-bond acceptors (Lipinski definition) is 8. The lowest BCUT2D eigenvalue weighted by molar-refractivity contribution is -0.150. The van der Waals surface area contributed by atoms with Gasteiger partial charge in [-0.15, -0.1) is 22.0 Å². The van der Waals surface area contributed by atoms with Crippen LogP contribution < -0.4 is 5.32 Å². The quantitative estimate of drug-likeness (QED) is 0.644. The Morgan fingerprint density at radius 3 is 2.72 bits per heavy atom. The summed E-state index contributed by atoms with van der Waals surface area (Å²) in [5.41, 5.74) is 0.812. The highest BCUT2D eigenvalue weighted by atomic mass is 32.2. The van der Waals surface area contributed by atoms with Crippen LogP contribution in [0.3, 0.4) is 0 Å². The maximum Gasteiger partial charge on any atom is 0.353 e. The topological polar surface area (TPSA) is 112 Å². The van der Waals surface area contributed by atoms with Gasteiger partial charge in [0.15, 0.2) is 4.34 Å². The largest absolute Gasteiger partial charge is 0.477 e. The van der Waals surface area contributed by atoms with E-state index in [4.69, 9.17) is 0 Å². The summed E-state index contributed by atoms with van der Waals surface area (Å²) >= 11 is 4.03. The number of nitrogens with one attached hydrogen (secondary N) is 1. The van der Waals surface area contributed by atoms with Gasteiger partial charge in [0.05, 0.1) is 6.42 Å². The fourth-order valence-electron chi connectivity index (χ4n) is 3.10. The first kappa shape index (κ1) is 19.9. The molecule has 0 bridgehead atoms. The zero-order valence-electron chi connectivity index (χ0n) is 15.2. The van der Waals surface area contributed by atoms with E-state index in [0.29, 0.717) is 15.0 Å². The predicted octanol–water partition coefficient (Wildman–Crippen LogP) is 1.88. The lowest BCUT2D eigenvalue weighted by Gasteiger charge is -2.49. The van der Waals surface area contributed by atoms with E-state index in [1.54, 1.807) is 0 Å². The van der Waals surface area contributed by atoms with Crippen molar-refractivity contribution in [3.8, 4) is 0 Å². The summed E-state index contributed by atoms with van der Waals surface area (Å²) < 4.78 is 0.635. The van der Waals surface area contributed by atoms with Crippen LogP contribution in [0.25, 0.3) is 0 Å². The van der Waals surface area contributed by atoms with Crippen LogP contribution in [0, 0.1) is 6.92 Å². The van der Waals surface area contributed by atoms with Crippen molar-refractivity contribution in [2.75, 3.05) is 5.75 Å². The van der Waals surface area contributed by atoms with Gasteiger partial charge in [-0.2, -0.15) is 0 Å². The highest BCUT2D eigenvalue weighted by molar-refractivity contribution is 8.07. The Balaban J connectivity index is 1.47. The minimum atomic E-state index is -1.17. The van der Waals surface area contributed by atoms with Gasteiger partial charge in [0.1, 0.15) is 22.1 Å². The van der Waals surface area contributed by atoms with E-state index in [0.717, 1.165) is 10.6 Å². The molecule has 0 radical (unpaired) electrons.